The molecule has 0 fully saturated rings. The first-order valence-corrected chi connectivity index (χ1v) is 7.78. The lowest BCUT2D eigenvalue weighted by atomic mass is 10.2. The molecule has 0 radical (unpaired) electrons. The number of amides is 1. The molecule has 122 valence electrons. The number of guanidine groups is 1. The van der Waals surface area contributed by atoms with Crippen LogP contribution in [0.1, 0.15) is 5.56 Å². The Labute approximate surface area is 140 Å². The van der Waals surface area contributed by atoms with Crippen molar-refractivity contribution in [3.8, 4) is 0 Å². The number of rotatable bonds is 7. The number of aliphatic imine (C=N–C) groups is 1. The number of nitrogens with one attached hydrogen (secondary N) is 2. The lowest BCUT2D eigenvalue weighted by Crippen LogP contribution is -2.44. The van der Waals surface area contributed by atoms with E-state index >= 15 is 0 Å². The van der Waals surface area contributed by atoms with Gasteiger partial charge < -0.3 is 20.3 Å². The second-order valence-corrected chi connectivity index (χ2v) is 5.55. The third-order valence-corrected chi connectivity index (χ3v) is 3.75. The Morgan fingerprint density at radius 2 is 2.09 bits per heavy atom. The number of nitrogens with zero attached hydrogens (tertiary/aromatic N) is 2. The Kier molecular flexibility index (Phi) is 8.54. The average molecular weight is 371 g/mol. The molecule has 0 saturated carbocycles. The van der Waals surface area contributed by atoms with Crippen molar-refractivity contribution in [3.63, 3.8) is 0 Å². The molecule has 0 aliphatic heterocycles. The van der Waals surface area contributed by atoms with E-state index < -0.39 is 0 Å². The molecule has 6 nitrogen and oxygen atoms in total. The standard InChI is InChI=1S/C15H23BrN4O2/c1-17-15(19-10-14(21)18-8-9-22-3)20(2)11-12-6-4-5-7-13(12)16/h4-7H,8-11H2,1-3H3,(H,17,19)(H,18,21). The molecule has 0 spiro atoms. The number of carbonyl (C=O) groups is 1. The molecule has 22 heavy (non-hydrogen) atoms. The maximum Gasteiger partial charge on any atom is 0.239 e. The second kappa shape index (κ2) is 10.2. The number of carbonyl (C=O) groups excluding carboxylic acids is 1. The molecule has 0 unspecified atom stereocenters. The van der Waals surface area contributed by atoms with E-state index in [4.69, 9.17) is 4.74 Å². The third-order valence-electron chi connectivity index (χ3n) is 2.97. The van der Waals surface area contributed by atoms with Crippen LogP contribution in [0.15, 0.2) is 33.7 Å². The van der Waals surface area contributed by atoms with Gasteiger partial charge in [0, 0.05) is 38.8 Å². The van der Waals surface area contributed by atoms with Crippen LogP contribution >= 0.6 is 15.9 Å². The van der Waals surface area contributed by atoms with Crippen molar-refractivity contribution in [2.24, 2.45) is 4.99 Å². The number of hydrogen-bond donors (Lipinski definition) is 2. The largest absolute Gasteiger partial charge is 0.383 e. The summed E-state index contributed by atoms with van der Waals surface area (Å²) in [5, 5.41) is 5.80. The van der Waals surface area contributed by atoms with E-state index in [9.17, 15) is 4.79 Å². The fraction of sp³-hybridized carbons (Fsp3) is 0.467. The Bertz CT molecular complexity index is 508. The van der Waals surface area contributed by atoms with Crippen molar-refractivity contribution in [3.05, 3.63) is 34.3 Å². The van der Waals surface area contributed by atoms with E-state index in [2.05, 4.69) is 31.6 Å². The molecular formula is C15H23BrN4O2. The predicted octanol–water partition coefficient (Wildman–Crippen LogP) is 1.22. The minimum absolute atomic E-state index is 0.0903. The third kappa shape index (κ3) is 6.44. The van der Waals surface area contributed by atoms with Crippen LogP contribution in [0.3, 0.4) is 0 Å². The van der Waals surface area contributed by atoms with Crippen molar-refractivity contribution in [1.82, 2.24) is 15.5 Å². The molecule has 1 aromatic carbocycles. The van der Waals surface area contributed by atoms with Crippen molar-refractivity contribution in [2.75, 3.05) is 40.9 Å². The van der Waals surface area contributed by atoms with Gasteiger partial charge in [-0.2, -0.15) is 0 Å². The molecule has 0 aromatic heterocycles. The molecule has 0 aliphatic carbocycles. The topological polar surface area (TPSA) is 66.0 Å². The predicted molar refractivity (Wildman–Crippen MR) is 91.9 cm³/mol. The van der Waals surface area contributed by atoms with Gasteiger partial charge in [0.2, 0.25) is 5.91 Å². The summed E-state index contributed by atoms with van der Waals surface area (Å²) in [4.78, 5) is 17.8. The Morgan fingerprint density at radius 1 is 1.36 bits per heavy atom. The van der Waals surface area contributed by atoms with E-state index in [1.807, 2.05) is 36.2 Å². The van der Waals surface area contributed by atoms with Crippen molar-refractivity contribution >= 4 is 27.8 Å². The van der Waals surface area contributed by atoms with E-state index in [0.717, 1.165) is 10.0 Å². The number of halogens is 1. The van der Waals surface area contributed by atoms with Gasteiger partial charge in [-0.25, -0.2) is 0 Å². The Morgan fingerprint density at radius 3 is 2.73 bits per heavy atom. The summed E-state index contributed by atoms with van der Waals surface area (Å²) in [6.07, 6.45) is 0. The van der Waals surface area contributed by atoms with Gasteiger partial charge >= 0.3 is 0 Å². The van der Waals surface area contributed by atoms with Crippen LogP contribution in [0.25, 0.3) is 0 Å². The van der Waals surface area contributed by atoms with Gasteiger partial charge in [0.15, 0.2) is 5.96 Å². The first-order chi connectivity index (χ1) is 10.6. The first kappa shape index (κ1) is 18.4. The minimum atomic E-state index is -0.0903. The lowest BCUT2D eigenvalue weighted by molar-refractivity contribution is -0.120. The molecular weight excluding hydrogens is 348 g/mol. The molecule has 2 N–H and O–H groups in total. The highest BCUT2D eigenvalue weighted by molar-refractivity contribution is 9.10. The molecule has 0 bridgehead atoms. The monoisotopic (exact) mass is 370 g/mol. The van der Waals surface area contributed by atoms with Crippen LogP contribution in [0, 0.1) is 0 Å². The molecule has 0 heterocycles. The lowest BCUT2D eigenvalue weighted by Gasteiger charge is -2.22. The molecule has 1 aromatic rings. The van der Waals surface area contributed by atoms with Crippen molar-refractivity contribution < 1.29 is 9.53 Å². The van der Waals surface area contributed by atoms with Crippen molar-refractivity contribution in [1.29, 1.82) is 0 Å². The molecule has 7 heteroatoms. The highest BCUT2D eigenvalue weighted by Gasteiger charge is 2.09. The SMILES string of the molecule is CN=C(NCC(=O)NCCOC)N(C)Cc1ccccc1Br. The molecule has 0 aliphatic rings. The number of ether oxygens (including phenoxy) is 1. The van der Waals surface area contributed by atoms with E-state index in [1.54, 1.807) is 14.2 Å². The maximum absolute atomic E-state index is 11.7. The number of benzene rings is 1. The van der Waals surface area contributed by atoms with Crippen LogP contribution in [0.2, 0.25) is 0 Å². The summed E-state index contributed by atoms with van der Waals surface area (Å²) in [5.41, 5.74) is 1.15. The van der Waals surface area contributed by atoms with Gasteiger partial charge in [0.1, 0.15) is 0 Å². The van der Waals surface area contributed by atoms with Crippen LogP contribution < -0.4 is 10.6 Å². The summed E-state index contributed by atoms with van der Waals surface area (Å²) in [6.45, 7) is 1.87. The van der Waals surface area contributed by atoms with E-state index in [0.29, 0.717) is 25.7 Å². The van der Waals surface area contributed by atoms with E-state index in [1.165, 1.54) is 0 Å². The summed E-state index contributed by atoms with van der Waals surface area (Å²) in [6, 6.07) is 8.02. The van der Waals surface area contributed by atoms with Crippen LogP contribution in [0.4, 0.5) is 0 Å². The molecule has 1 rings (SSSR count). The van der Waals surface area contributed by atoms with Gasteiger partial charge in [-0.05, 0) is 11.6 Å². The zero-order chi connectivity index (χ0) is 16.4. The second-order valence-electron chi connectivity index (χ2n) is 4.69. The van der Waals surface area contributed by atoms with Crippen LogP contribution in [-0.4, -0.2) is 57.7 Å². The summed E-state index contributed by atoms with van der Waals surface area (Å²) < 4.78 is 5.93. The Hall–Kier alpha value is -1.60. The zero-order valence-corrected chi connectivity index (χ0v) is 14.8. The zero-order valence-electron chi connectivity index (χ0n) is 13.2. The van der Waals surface area contributed by atoms with Gasteiger partial charge in [-0.1, -0.05) is 34.1 Å². The number of methoxy groups -OCH3 is 1. The minimum Gasteiger partial charge on any atom is -0.383 e. The van der Waals surface area contributed by atoms with Crippen LogP contribution in [-0.2, 0) is 16.1 Å². The van der Waals surface area contributed by atoms with Gasteiger partial charge in [-0.15, -0.1) is 0 Å². The van der Waals surface area contributed by atoms with Crippen LogP contribution in [0.5, 0.6) is 0 Å². The fourth-order valence-corrected chi connectivity index (χ4v) is 2.27. The summed E-state index contributed by atoms with van der Waals surface area (Å²) >= 11 is 3.53. The molecule has 1 amide bonds. The number of hydrogen-bond acceptors (Lipinski definition) is 3. The van der Waals surface area contributed by atoms with Gasteiger partial charge in [0.05, 0.1) is 13.2 Å². The normalized spacial score (nSPS) is 11.2. The quantitative estimate of drug-likeness (QED) is 0.430. The smallest absolute Gasteiger partial charge is 0.239 e. The summed E-state index contributed by atoms with van der Waals surface area (Å²) in [5.74, 6) is 0.574. The van der Waals surface area contributed by atoms with Crippen molar-refractivity contribution in [2.45, 2.75) is 6.54 Å². The molecule has 0 saturated heterocycles. The fourth-order valence-electron chi connectivity index (χ4n) is 1.86. The highest BCUT2D eigenvalue weighted by Crippen LogP contribution is 2.17. The van der Waals surface area contributed by atoms with Gasteiger partial charge in [-0.3, -0.25) is 9.79 Å². The Balaban J connectivity index is 2.47. The molecule has 0 atom stereocenters. The average Bonchev–Trinajstić information content (AvgIpc) is 2.50. The first-order valence-electron chi connectivity index (χ1n) is 6.99. The highest BCUT2D eigenvalue weighted by atomic mass is 79.9. The van der Waals surface area contributed by atoms with E-state index in [-0.39, 0.29) is 12.5 Å². The maximum atomic E-state index is 11.7. The summed E-state index contributed by atoms with van der Waals surface area (Å²) in [7, 11) is 5.22. The van der Waals surface area contributed by atoms with Gasteiger partial charge in [0.25, 0.3) is 0 Å².